The molecule has 116 valence electrons. The molecule has 1 aromatic heterocycles. The first-order valence-corrected chi connectivity index (χ1v) is 8.66. The van der Waals surface area contributed by atoms with Crippen LogP contribution >= 0.6 is 0 Å². The molecule has 1 saturated carbocycles. The van der Waals surface area contributed by atoms with Crippen molar-refractivity contribution < 1.29 is 0 Å². The van der Waals surface area contributed by atoms with Gasteiger partial charge in [-0.05, 0) is 56.8 Å². The molecule has 0 bridgehead atoms. The van der Waals surface area contributed by atoms with Crippen molar-refractivity contribution in [2.24, 2.45) is 5.41 Å². The number of hydrogen-bond donors (Lipinski definition) is 1. The Morgan fingerprint density at radius 3 is 2.43 bits per heavy atom. The molecule has 0 radical (unpaired) electrons. The van der Waals surface area contributed by atoms with Gasteiger partial charge in [-0.25, -0.2) is 9.97 Å². The minimum atomic E-state index is 0.508. The molecule has 0 unspecified atom stereocenters. The van der Waals surface area contributed by atoms with E-state index in [0.717, 1.165) is 24.5 Å². The van der Waals surface area contributed by atoms with Crippen molar-refractivity contribution in [3.8, 4) is 0 Å². The Kier molecular flexibility index (Phi) is 4.19. The highest BCUT2D eigenvalue weighted by atomic mass is 15.0. The second-order valence-electron chi connectivity index (χ2n) is 7.60. The van der Waals surface area contributed by atoms with Gasteiger partial charge in [0.25, 0.3) is 0 Å². The normalized spacial score (nSPS) is 22.4. The summed E-state index contributed by atoms with van der Waals surface area (Å²) in [7, 11) is 2.00. The Morgan fingerprint density at radius 1 is 1.00 bits per heavy atom. The van der Waals surface area contributed by atoms with Gasteiger partial charge >= 0.3 is 0 Å². The average Bonchev–Trinajstić information content (AvgIpc) is 2.71. The third-order valence-corrected chi connectivity index (χ3v) is 5.39. The summed E-state index contributed by atoms with van der Waals surface area (Å²) < 4.78 is 0. The number of hydrogen-bond acceptors (Lipinski definition) is 3. The van der Waals surface area contributed by atoms with E-state index in [0.29, 0.717) is 11.3 Å². The molecule has 3 nitrogen and oxygen atoms in total. The van der Waals surface area contributed by atoms with E-state index in [4.69, 9.17) is 9.97 Å². The lowest BCUT2D eigenvalue weighted by Gasteiger charge is -2.33. The topological polar surface area (TPSA) is 37.8 Å². The molecule has 0 saturated heterocycles. The van der Waals surface area contributed by atoms with Crippen molar-refractivity contribution in [3.63, 3.8) is 0 Å². The molecule has 1 fully saturated rings. The predicted octanol–water partition coefficient (Wildman–Crippen LogP) is 4.47. The summed E-state index contributed by atoms with van der Waals surface area (Å²) in [6, 6.07) is 0. The highest BCUT2D eigenvalue weighted by molar-refractivity contribution is 5.47. The van der Waals surface area contributed by atoms with E-state index in [1.165, 1.54) is 56.2 Å². The summed E-state index contributed by atoms with van der Waals surface area (Å²) in [5, 5.41) is 3.33. The van der Waals surface area contributed by atoms with Crippen molar-refractivity contribution >= 4 is 5.82 Å². The van der Waals surface area contributed by atoms with Crippen LogP contribution in [0, 0.1) is 5.41 Å². The molecule has 21 heavy (non-hydrogen) atoms. The van der Waals surface area contributed by atoms with Crippen molar-refractivity contribution in [2.45, 2.75) is 77.6 Å². The van der Waals surface area contributed by atoms with E-state index in [2.05, 4.69) is 19.2 Å². The fraction of sp³-hybridized carbons (Fsp3) is 0.778. The molecule has 0 amide bonds. The van der Waals surface area contributed by atoms with Crippen LogP contribution in [0.15, 0.2) is 0 Å². The Hall–Kier alpha value is -1.12. The first kappa shape index (κ1) is 14.8. The molecule has 0 aromatic carbocycles. The zero-order chi connectivity index (χ0) is 14.9. The van der Waals surface area contributed by atoms with Gasteiger partial charge in [-0.1, -0.05) is 20.3 Å². The summed E-state index contributed by atoms with van der Waals surface area (Å²) in [5.74, 6) is 2.77. The summed E-state index contributed by atoms with van der Waals surface area (Å²) in [5.41, 5.74) is 3.22. The number of anilines is 1. The van der Waals surface area contributed by atoms with Gasteiger partial charge in [0, 0.05) is 24.2 Å². The molecular weight excluding hydrogens is 258 g/mol. The maximum Gasteiger partial charge on any atom is 0.134 e. The lowest BCUT2D eigenvalue weighted by atomic mass is 9.73. The van der Waals surface area contributed by atoms with E-state index in [1.807, 2.05) is 7.05 Å². The van der Waals surface area contributed by atoms with Crippen LogP contribution in [-0.2, 0) is 12.8 Å². The predicted molar refractivity (Wildman–Crippen MR) is 87.8 cm³/mol. The van der Waals surface area contributed by atoms with E-state index >= 15 is 0 Å². The summed E-state index contributed by atoms with van der Waals surface area (Å²) in [6.07, 6.45) is 11.3. The van der Waals surface area contributed by atoms with E-state index in [-0.39, 0.29) is 0 Å². The quantitative estimate of drug-likeness (QED) is 0.815. The maximum absolute atomic E-state index is 5.00. The molecule has 3 heteroatoms. The summed E-state index contributed by atoms with van der Waals surface area (Å²) in [6.45, 7) is 4.78. The monoisotopic (exact) mass is 287 g/mol. The highest BCUT2D eigenvalue weighted by Crippen LogP contribution is 2.42. The smallest absolute Gasteiger partial charge is 0.134 e. The van der Waals surface area contributed by atoms with Gasteiger partial charge in [0.2, 0.25) is 0 Å². The SMILES string of the molecule is CNc1nc(C2CCC(C)(C)CC2)nc2c1CCCCC2. The minimum absolute atomic E-state index is 0.508. The standard InChI is InChI=1S/C18H29N3/c1-18(2)11-9-13(10-12-18)16-20-15-8-6-4-5-7-14(15)17(19-3)21-16/h13H,4-12H2,1-3H3,(H,19,20,21). The first-order valence-electron chi connectivity index (χ1n) is 8.66. The molecule has 2 aliphatic rings. The number of nitrogens with one attached hydrogen (secondary N) is 1. The average molecular weight is 287 g/mol. The number of rotatable bonds is 2. The van der Waals surface area contributed by atoms with Crippen LogP contribution in [0.5, 0.6) is 0 Å². The second-order valence-corrected chi connectivity index (χ2v) is 7.60. The lowest BCUT2D eigenvalue weighted by Crippen LogP contribution is -2.22. The molecule has 0 atom stereocenters. The fourth-order valence-electron chi connectivity index (χ4n) is 3.84. The Bertz CT molecular complexity index is 497. The van der Waals surface area contributed by atoms with Gasteiger partial charge in [0.15, 0.2) is 0 Å². The molecule has 0 spiro atoms. The molecule has 1 aromatic rings. The number of aromatic nitrogens is 2. The van der Waals surface area contributed by atoms with Crippen LogP contribution < -0.4 is 5.32 Å². The Balaban J connectivity index is 1.88. The lowest BCUT2D eigenvalue weighted by molar-refractivity contribution is 0.220. The van der Waals surface area contributed by atoms with Crippen molar-refractivity contribution in [1.29, 1.82) is 0 Å². The minimum Gasteiger partial charge on any atom is -0.373 e. The van der Waals surface area contributed by atoms with Crippen LogP contribution in [0.3, 0.4) is 0 Å². The Labute approximate surface area is 129 Å². The number of fused-ring (bicyclic) bond motifs is 1. The van der Waals surface area contributed by atoms with Gasteiger partial charge in [-0.15, -0.1) is 0 Å². The highest BCUT2D eigenvalue weighted by Gasteiger charge is 2.30. The van der Waals surface area contributed by atoms with E-state index in [1.54, 1.807) is 0 Å². The van der Waals surface area contributed by atoms with Crippen molar-refractivity contribution in [2.75, 3.05) is 12.4 Å². The fourth-order valence-corrected chi connectivity index (χ4v) is 3.84. The summed E-state index contributed by atoms with van der Waals surface area (Å²) >= 11 is 0. The third kappa shape index (κ3) is 3.22. The number of nitrogens with zero attached hydrogens (tertiary/aromatic N) is 2. The largest absolute Gasteiger partial charge is 0.373 e. The van der Waals surface area contributed by atoms with Gasteiger partial charge < -0.3 is 5.32 Å². The first-order chi connectivity index (χ1) is 10.1. The molecule has 2 aliphatic carbocycles. The molecule has 1 heterocycles. The molecular formula is C18H29N3. The van der Waals surface area contributed by atoms with Crippen LogP contribution in [0.25, 0.3) is 0 Å². The van der Waals surface area contributed by atoms with Gasteiger partial charge in [0.1, 0.15) is 11.6 Å². The zero-order valence-electron chi connectivity index (χ0n) is 13.8. The maximum atomic E-state index is 5.00. The molecule has 0 aliphatic heterocycles. The Morgan fingerprint density at radius 2 is 1.71 bits per heavy atom. The van der Waals surface area contributed by atoms with Crippen LogP contribution in [-0.4, -0.2) is 17.0 Å². The van der Waals surface area contributed by atoms with Crippen molar-refractivity contribution in [1.82, 2.24) is 9.97 Å². The van der Waals surface area contributed by atoms with Crippen LogP contribution in [0.2, 0.25) is 0 Å². The molecule has 3 rings (SSSR count). The van der Waals surface area contributed by atoms with Gasteiger partial charge in [-0.2, -0.15) is 0 Å². The number of aryl methyl sites for hydroxylation is 1. The van der Waals surface area contributed by atoms with Crippen LogP contribution in [0.1, 0.15) is 81.8 Å². The van der Waals surface area contributed by atoms with E-state index < -0.39 is 0 Å². The summed E-state index contributed by atoms with van der Waals surface area (Å²) in [4.78, 5) is 9.90. The molecule has 1 N–H and O–H groups in total. The second kappa shape index (κ2) is 5.94. The third-order valence-electron chi connectivity index (χ3n) is 5.39. The van der Waals surface area contributed by atoms with Crippen molar-refractivity contribution in [3.05, 3.63) is 17.1 Å². The van der Waals surface area contributed by atoms with Crippen LogP contribution in [0.4, 0.5) is 5.82 Å². The van der Waals surface area contributed by atoms with Gasteiger partial charge in [0.05, 0.1) is 0 Å². The van der Waals surface area contributed by atoms with Gasteiger partial charge in [-0.3, -0.25) is 0 Å². The zero-order valence-corrected chi connectivity index (χ0v) is 13.8. The van der Waals surface area contributed by atoms with E-state index in [9.17, 15) is 0 Å².